The van der Waals surface area contributed by atoms with Crippen LogP contribution in [0.5, 0.6) is 0 Å². The van der Waals surface area contributed by atoms with Gasteiger partial charge >= 0.3 is 0 Å². The monoisotopic (exact) mass is 444 g/mol. The Labute approximate surface area is 187 Å². The van der Waals surface area contributed by atoms with E-state index in [4.69, 9.17) is 16.7 Å². The van der Waals surface area contributed by atoms with Gasteiger partial charge in [0.05, 0.1) is 35.0 Å². The summed E-state index contributed by atoms with van der Waals surface area (Å²) in [5.41, 5.74) is 3.79. The summed E-state index contributed by atoms with van der Waals surface area (Å²) in [4.78, 5) is 27.4. The minimum atomic E-state index is -0.438. The normalized spacial score (nSPS) is 15.8. The molecule has 5 aromatic heterocycles. The average molecular weight is 445 g/mol. The number of nitrogens with zero attached hydrogens (tertiary/aromatic N) is 7. The van der Waals surface area contributed by atoms with Crippen LogP contribution in [0.4, 0.5) is 0 Å². The number of hydrogen-bond acceptors (Lipinski definition) is 5. The van der Waals surface area contributed by atoms with Crippen molar-refractivity contribution in [1.82, 2.24) is 39.2 Å². The third-order valence-corrected chi connectivity index (χ3v) is 6.03. The number of pyridine rings is 2. The molecule has 6 heterocycles. The molecule has 158 valence electrons. The smallest absolute Gasteiger partial charge is 0.259 e. The second kappa shape index (κ2) is 7.31. The number of amides is 1. The van der Waals surface area contributed by atoms with Crippen molar-refractivity contribution in [3.05, 3.63) is 95.2 Å². The molecule has 32 heavy (non-hydrogen) atoms. The first-order valence-corrected chi connectivity index (χ1v) is 10.5. The van der Waals surface area contributed by atoms with Crippen molar-refractivity contribution in [3.63, 3.8) is 0 Å². The van der Waals surface area contributed by atoms with Gasteiger partial charge < -0.3 is 9.88 Å². The van der Waals surface area contributed by atoms with E-state index in [0.29, 0.717) is 24.3 Å². The summed E-state index contributed by atoms with van der Waals surface area (Å²) < 4.78 is 3.25. The topological polar surface area (TPSA) is 97.0 Å². The van der Waals surface area contributed by atoms with Gasteiger partial charge in [0.1, 0.15) is 11.2 Å². The number of imidazole rings is 1. The summed E-state index contributed by atoms with van der Waals surface area (Å²) in [5, 5.41) is 9.24. The Balaban J connectivity index is 1.43. The van der Waals surface area contributed by atoms with Gasteiger partial charge in [0.2, 0.25) is 0 Å². The zero-order valence-electron chi connectivity index (χ0n) is 16.8. The lowest BCUT2D eigenvalue weighted by molar-refractivity contribution is 0.0687. The minimum Gasteiger partial charge on any atom is -0.348 e. The van der Waals surface area contributed by atoms with E-state index in [2.05, 4.69) is 20.1 Å². The van der Waals surface area contributed by atoms with E-state index in [1.165, 1.54) is 10.9 Å². The van der Waals surface area contributed by atoms with E-state index in [1.807, 2.05) is 42.6 Å². The van der Waals surface area contributed by atoms with Crippen LogP contribution in [-0.4, -0.2) is 51.7 Å². The minimum absolute atomic E-state index is 0.218. The predicted octanol–water partition coefficient (Wildman–Crippen LogP) is 3.08. The van der Waals surface area contributed by atoms with Crippen LogP contribution < -0.4 is 0 Å². The highest BCUT2D eigenvalue weighted by Gasteiger charge is 2.37. The number of rotatable bonds is 3. The van der Waals surface area contributed by atoms with Crippen molar-refractivity contribution in [3.8, 4) is 5.82 Å². The fourth-order valence-corrected chi connectivity index (χ4v) is 4.42. The van der Waals surface area contributed by atoms with Crippen LogP contribution in [-0.2, 0) is 6.42 Å². The number of hydrogen-bond donors (Lipinski definition) is 1. The Morgan fingerprint density at radius 3 is 2.91 bits per heavy atom. The summed E-state index contributed by atoms with van der Waals surface area (Å²) in [6.45, 7) is 0.498. The zero-order valence-corrected chi connectivity index (χ0v) is 17.5. The van der Waals surface area contributed by atoms with Gasteiger partial charge in [-0.05, 0) is 30.3 Å². The molecule has 1 N–H and O–H groups in total. The highest BCUT2D eigenvalue weighted by Crippen LogP contribution is 2.35. The van der Waals surface area contributed by atoms with Gasteiger partial charge in [-0.15, -0.1) is 0 Å². The summed E-state index contributed by atoms with van der Waals surface area (Å²) in [5.74, 6) is 0.314. The van der Waals surface area contributed by atoms with Gasteiger partial charge in [-0.3, -0.25) is 4.79 Å². The van der Waals surface area contributed by atoms with Crippen molar-refractivity contribution in [1.29, 1.82) is 0 Å². The fourth-order valence-electron chi connectivity index (χ4n) is 4.16. The Bertz CT molecular complexity index is 1400. The number of carbonyl (C=O) groups is 1. The SMILES string of the molecule is O=C(c1cnn(-c2ccccn2)c1Cl)N1CCc2[nH]cnc2C1c1cc2ccccn2n1. The molecule has 0 radical (unpaired) electrons. The number of fused-ring (bicyclic) bond motifs is 2. The predicted molar refractivity (Wildman–Crippen MR) is 117 cm³/mol. The summed E-state index contributed by atoms with van der Waals surface area (Å²) in [7, 11) is 0. The summed E-state index contributed by atoms with van der Waals surface area (Å²) in [6.07, 6.45) is 7.34. The van der Waals surface area contributed by atoms with E-state index in [-0.39, 0.29) is 11.1 Å². The van der Waals surface area contributed by atoms with Crippen LogP contribution >= 0.6 is 11.6 Å². The molecule has 1 atom stereocenters. The van der Waals surface area contributed by atoms with Crippen molar-refractivity contribution >= 4 is 23.0 Å². The summed E-state index contributed by atoms with van der Waals surface area (Å²) >= 11 is 6.58. The fraction of sp³-hybridized carbons (Fsp3) is 0.136. The second-order valence-corrected chi connectivity index (χ2v) is 7.86. The van der Waals surface area contributed by atoms with Crippen LogP contribution in [0.25, 0.3) is 11.3 Å². The molecular formula is C22H17ClN8O. The standard InChI is InChI=1S/C22H17ClN8O/c23-21-15(12-27-31(21)18-6-1-3-8-24-18)22(32)29-10-7-16-19(26-13-25-16)20(29)17-11-14-5-2-4-9-30(14)28-17/h1-6,8-9,11-13,20H,7,10H2,(H,25,26). The second-order valence-electron chi connectivity index (χ2n) is 7.51. The Kier molecular flexibility index (Phi) is 4.29. The number of halogens is 1. The average Bonchev–Trinajstić information content (AvgIpc) is 3.56. The molecule has 0 spiro atoms. The third-order valence-electron chi connectivity index (χ3n) is 5.66. The highest BCUT2D eigenvalue weighted by molar-refractivity contribution is 6.33. The molecule has 0 fully saturated rings. The van der Waals surface area contributed by atoms with E-state index in [0.717, 1.165) is 22.6 Å². The molecule has 1 aliphatic heterocycles. The van der Waals surface area contributed by atoms with E-state index >= 15 is 0 Å². The molecule has 6 rings (SSSR count). The largest absolute Gasteiger partial charge is 0.348 e. The van der Waals surface area contributed by atoms with E-state index in [9.17, 15) is 4.79 Å². The van der Waals surface area contributed by atoms with Crippen molar-refractivity contribution in [2.24, 2.45) is 0 Å². The number of H-pyrrole nitrogens is 1. The van der Waals surface area contributed by atoms with Gasteiger partial charge in [-0.1, -0.05) is 23.7 Å². The van der Waals surface area contributed by atoms with Crippen LogP contribution in [0.3, 0.4) is 0 Å². The Morgan fingerprint density at radius 1 is 1.16 bits per heavy atom. The maximum absolute atomic E-state index is 13.7. The first kappa shape index (κ1) is 18.8. The first-order chi connectivity index (χ1) is 15.7. The number of aromatic amines is 1. The molecule has 0 saturated heterocycles. The molecular weight excluding hydrogens is 428 g/mol. The van der Waals surface area contributed by atoms with Crippen LogP contribution in [0.2, 0.25) is 5.15 Å². The van der Waals surface area contributed by atoms with E-state index < -0.39 is 6.04 Å². The molecule has 1 aliphatic rings. The molecule has 10 heteroatoms. The van der Waals surface area contributed by atoms with Gasteiger partial charge in [-0.25, -0.2) is 19.2 Å². The maximum atomic E-state index is 13.7. The highest BCUT2D eigenvalue weighted by atomic mass is 35.5. The molecule has 0 aromatic carbocycles. The quantitative estimate of drug-likeness (QED) is 0.461. The van der Waals surface area contributed by atoms with Crippen LogP contribution in [0.15, 0.2) is 67.4 Å². The molecule has 9 nitrogen and oxygen atoms in total. The van der Waals surface area contributed by atoms with E-state index in [1.54, 1.807) is 28.0 Å². The first-order valence-electron chi connectivity index (χ1n) is 10.1. The Morgan fingerprint density at radius 2 is 2.06 bits per heavy atom. The van der Waals surface area contributed by atoms with Gasteiger partial charge in [0.25, 0.3) is 5.91 Å². The van der Waals surface area contributed by atoms with Crippen molar-refractivity contribution < 1.29 is 4.79 Å². The van der Waals surface area contributed by atoms with Gasteiger partial charge in [0.15, 0.2) is 5.82 Å². The number of carbonyl (C=O) groups excluding carboxylic acids is 1. The number of aromatic nitrogens is 7. The molecule has 0 bridgehead atoms. The third kappa shape index (κ3) is 2.89. The molecule has 1 unspecified atom stereocenters. The Hall–Kier alpha value is -3.98. The molecule has 5 aromatic rings. The van der Waals surface area contributed by atoms with Crippen molar-refractivity contribution in [2.75, 3.05) is 6.54 Å². The van der Waals surface area contributed by atoms with Crippen LogP contribution in [0, 0.1) is 0 Å². The lowest BCUT2D eigenvalue weighted by Crippen LogP contribution is -2.41. The van der Waals surface area contributed by atoms with Crippen LogP contribution in [0.1, 0.15) is 33.5 Å². The summed E-state index contributed by atoms with van der Waals surface area (Å²) in [6, 6.07) is 12.8. The lowest BCUT2D eigenvalue weighted by Gasteiger charge is -2.33. The zero-order chi connectivity index (χ0) is 21.7. The molecule has 0 saturated carbocycles. The van der Waals surface area contributed by atoms with Gasteiger partial charge in [0, 0.05) is 31.1 Å². The molecule has 0 aliphatic carbocycles. The maximum Gasteiger partial charge on any atom is 0.259 e. The lowest BCUT2D eigenvalue weighted by atomic mass is 9.99. The van der Waals surface area contributed by atoms with Crippen molar-refractivity contribution in [2.45, 2.75) is 12.5 Å². The molecule has 1 amide bonds. The van der Waals surface area contributed by atoms with Gasteiger partial charge in [-0.2, -0.15) is 10.2 Å². The number of nitrogens with one attached hydrogen (secondary N) is 1.